The van der Waals surface area contributed by atoms with Crippen molar-refractivity contribution < 1.29 is 168 Å². The molecule has 20 atom stereocenters. The number of carbonyl (C=O) groups excluding carboxylic acids is 9. The normalized spacial score (nSPS) is 30.8. The maximum Gasteiger partial charge on any atom is 0.387 e. The van der Waals surface area contributed by atoms with Crippen LogP contribution in [0.4, 0.5) is 26.3 Å². The van der Waals surface area contributed by atoms with Gasteiger partial charge in [-0.2, -0.15) is 8.78 Å². The molecule has 25 nitrogen and oxygen atoms in total. The molecule has 16 rings (SSSR count). The average Bonchev–Trinajstić information content (AvgIpc) is 1.57. The van der Waals surface area contributed by atoms with E-state index >= 15 is 17.6 Å². The van der Waals surface area contributed by atoms with E-state index in [1.54, 1.807) is 49.4 Å². The smallest absolute Gasteiger partial charge is 0.387 e. The van der Waals surface area contributed by atoms with Crippen LogP contribution in [0.3, 0.4) is 0 Å². The first-order chi connectivity index (χ1) is 63.8. The Labute approximate surface area is 841 Å². The Bertz CT molecular complexity index is 5370. The molecule has 4 saturated carbocycles. The van der Waals surface area contributed by atoms with Crippen LogP contribution in [0.25, 0.3) is 32.8 Å². The largest absolute Gasteiger partial charge is 0.540 e. The monoisotopic (exact) mass is 2030 g/mol. The second-order valence-corrected chi connectivity index (χ2v) is 43.0. The Hall–Kier alpha value is -8.22. The van der Waals surface area contributed by atoms with Gasteiger partial charge >= 0.3 is 24.5 Å². The zero-order chi connectivity index (χ0) is 97.5. The maximum atomic E-state index is 16.2. The predicted octanol–water partition coefficient (Wildman–Crippen LogP) is 19.2. The number of fused-ring (bicyclic) bond motifs is 17. The van der Waals surface area contributed by atoms with Crippen LogP contribution in [-0.2, 0) is 131 Å². The van der Waals surface area contributed by atoms with E-state index in [-0.39, 0.29) is 189 Å². The number of amides is 3. The van der Waals surface area contributed by atoms with Crippen LogP contribution >= 0.6 is 0 Å². The van der Waals surface area contributed by atoms with Crippen molar-refractivity contribution in [1.82, 2.24) is 34.6 Å². The summed E-state index contributed by atoms with van der Waals surface area (Å²) in [6.07, 6.45) is 16.0. The molecule has 2 unspecified atom stereocenters. The summed E-state index contributed by atoms with van der Waals surface area (Å²) in [6.45, 7) is 23.5. The van der Waals surface area contributed by atoms with E-state index in [0.29, 0.717) is 119 Å². The minimum atomic E-state index is -3.25. The number of rotatable bonds is 9. The molecule has 7 fully saturated rings. The van der Waals surface area contributed by atoms with Crippen LogP contribution in [0.15, 0.2) is 66.7 Å². The van der Waals surface area contributed by atoms with Gasteiger partial charge in [-0.3, -0.25) is 28.8 Å². The van der Waals surface area contributed by atoms with Gasteiger partial charge in [0.2, 0.25) is 35.4 Å². The van der Waals surface area contributed by atoms with Crippen molar-refractivity contribution >= 4 is 87.3 Å². The fraction of sp³-hybridized carbons (Fsp3) is 0.663. The summed E-state index contributed by atoms with van der Waals surface area (Å²) < 4.78 is 143. The van der Waals surface area contributed by atoms with Gasteiger partial charge in [0.25, 0.3) is 11.8 Å². The molecular formula is C104H132F6N7O18V3-3. The second kappa shape index (κ2) is 44.7. The van der Waals surface area contributed by atoms with Gasteiger partial charge in [-0.1, -0.05) is 140 Å². The minimum absolute atomic E-state index is 0. The number of esters is 3. The van der Waals surface area contributed by atoms with Crippen LogP contribution in [0, 0.1) is 81.3 Å². The van der Waals surface area contributed by atoms with E-state index in [9.17, 15) is 51.9 Å². The van der Waals surface area contributed by atoms with E-state index in [1.807, 2.05) is 103 Å². The number of aromatic nitrogens is 4. The van der Waals surface area contributed by atoms with Crippen molar-refractivity contribution in [3.63, 3.8) is 0 Å². The summed E-state index contributed by atoms with van der Waals surface area (Å²) >= 11 is 0. The standard InChI is InChI=1S/C36H45F2N2O6.C36H47F2N2O6.C32H40F2N3O6.3V/c1-20-29(19-41)40-18-30(20)45-32-26(14-21-10-11-23(44-6)15-28(21)39-32)36(37,38)12-8-7-9-25-24-13-22(24)17-35(25,5)46-31(42)16-27(33(40)43)34(2,3)4;1-7-25-29(21-41)40-20-30(25)45-32-26(17-22-13-14-24(44-6)18-28(22)39-32)36(37,38)16-9-8-11-23-12-10-15-35(23,5)46-31(42)19-27(33(40)43)34(2,3)4;1-5-20-25(17-38)37-16-27(20)43-29-23(35-22-12-11-19(41-31(33)34)14-24(22)36-29)10-8-6-7-9-18-13-26(18)42-28(39)15-21(30(37)40)32(2,3)4;;;/h10-11,14-15,20,22,24-25,27,29-30H,7-9,12-13,16-18H2,1-6H3;13-14,17-18,23,25,27,29-30H,7-12,15-16,19-20H2,1-6H3;11-12,14,18,20-21,25-27,31H,5-10,13,15-16H2,1-4H3;;;/q3*-1;;;/t20-,22?,24?,25+,27+,29+,30-,35+;23-,25+,27-,29-,30+,35-;18-,20+,21-,25-,26-,27+;;;/m011.../s1. The molecule has 6 bridgehead atoms. The maximum absolute atomic E-state index is 16.2. The summed E-state index contributed by atoms with van der Waals surface area (Å²) in [5, 5.41) is 1.05. The first-order valence-corrected chi connectivity index (χ1v) is 48.5. The summed E-state index contributed by atoms with van der Waals surface area (Å²) in [5.41, 5.74) is -1.51. The first kappa shape index (κ1) is 110. The Morgan fingerprint density at radius 2 is 0.920 bits per heavy atom. The molecule has 10 aliphatic rings. The zero-order valence-corrected chi connectivity index (χ0v) is 86.2. The molecule has 138 heavy (non-hydrogen) atoms. The third-order valence-electron chi connectivity index (χ3n) is 30.6. The van der Waals surface area contributed by atoms with Crippen molar-refractivity contribution in [3.05, 3.63) is 83.6 Å². The third-order valence-corrected chi connectivity index (χ3v) is 30.6. The third kappa shape index (κ3) is 24.6. The van der Waals surface area contributed by atoms with Gasteiger partial charge in [0.15, 0.2) is 0 Å². The number of hydrogen-bond acceptors (Lipinski definition) is 22. The molecule has 3 radical (unpaired) electrons. The van der Waals surface area contributed by atoms with Crippen LogP contribution in [0.1, 0.15) is 261 Å². The van der Waals surface area contributed by atoms with Crippen molar-refractivity contribution in [2.75, 3.05) is 33.9 Å². The molecule has 3 aromatic heterocycles. The Kier molecular flexibility index (Phi) is 35.7. The fourth-order valence-corrected chi connectivity index (χ4v) is 22.4. The molecule has 9 heterocycles. The number of halogens is 6. The SMILES string of the molecule is CC[C@@H]1[C@@H]2CN(C(=O)[C@H](C(C)(C)C)CC(=O)O[C@@H]3C[C@H]3CCCCCc3nc4ccc(OC(F)F)cc4nc3O2)[C@@H]1[C-]=O.CC[C@@H]1[C@@H]2CN(C(=O)[C@H](C(C)(C)C)CC(=O)O[C@]3(C)CCC[C@H]3CCCCC(F)(F)c3cc4ccc(OC)cc4nc3O2)[C@@H]1[C-]=O.COc1ccc2cc3c(nc2c1)O[C@H]1CN(C(=O)[C@H](C(C)(C)C)CC(=O)O[C@]2(C)CC4CC4[C@H]2CCCCC3(F)F)[C@H]([C-]=O)[C@@H]1C.[V].[V].[V]. The molecule has 751 valence electrons. The number of carbonyl (C=O) groups is 6. The molecule has 6 aliphatic heterocycles. The summed E-state index contributed by atoms with van der Waals surface area (Å²) in [7, 11) is 3.04. The molecular weight excluding hydrogens is 1900 g/mol. The Balaban J connectivity index is 0.000000196. The summed E-state index contributed by atoms with van der Waals surface area (Å²) in [6, 6.07) is 14.6. The molecule has 0 N–H and O–H groups in total. The number of methoxy groups -OCH3 is 2. The van der Waals surface area contributed by atoms with Gasteiger partial charge in [-0.25, -0.2) is 56.4 Å². The van der Waals surface area contributed by atoms with Gasteiger partial charge in [-0.05, 0) is 204 Å². The van der Waals surface area contributed by atoms with Crippen LogP contribution < -0.4 is 28.4 Å². The van der Waals surface area contributed by atoms with Crippen molar-refractivity contribution in [2.24, 2.45) is 81.3 Å². The Morgan fingerprint density at radius 3 is 1.42 bits per heavy atom. The first-order valence-electron chi connectivity index (χ1n) is 48.5. The van der Waals surface area contributed by atoms with Gasteiger partial charge in [0.05, 0.1) is 104 Å². The van der Waals surface area contributed by atoms with Crippen molar-refractivity contribution in [1.29, 1.82) is 0 Å². The minimum Gasteiger partial charge on any atom is -0.540 e. The Morgan fingerprint density at radius 1 is 0.471 bits per heavy atom. The molecule has 4 aliphatic carbocycles. The van der Waals surface area contributed by atoms with Gasteiger partial charge < -0.3 is 71.7 Å². The fourth-order valence-electron chi connectivity index (χ4n) is 22.4. The van der Waals surface area contributed by atoms with Crippen LogP contribution in [0.2, 0.25) is 0 Å². The van der Waals surface area contributed by atoms with Crippen LogP contribution in [0.5, 0.6) is 34.9 Å². The number of nitrogens with zero attached hydrogens (tertiary/aromatic N) is 7. The number of pyridine rings is 2. The van der Waals surface area contributed by atoms with E-state index in [0.717, 1.165) is 57.8 Å². The van der Waals surface area contributed by atoms with Crippen molar-refractivity contribution in [2.45, 2.75) is 323 Å². The van der Waals surface area contributed by atoms with E-state index in [1.165, 1.54) is 53.2 Å². The second-order valence-electron chi connectivity index (χ2n) is 43.0. The van der Waals surface area contributed by atoms with E-state index in [2.05, 4.69) is 26.0 Å². The van der Waals surface area contributed by atoms with E-state index < -0.39 is 137 Å². The number of benzene rings is 3. The summed E-state index contributed by atoms with van der Waals surface area (Å²) in [5.74, 6) is -10.4. The molecule has 6 aromatic rings. The number of aryl methyl sites for hydroxylation is 1. The zero-order valence-electron chi connectivity index (χ0n) is 82.0. The number of alkyl halides is 6. The number of ether oxygens (including phenoxy) is 9. The average molecular weight is 2040 g/mol. The van der Waals surface area contributed by atoms with Crippen LogP contribution in [-0.4, -0.2) is 183 Å². The molecule has 3 amide bonds. The molecule has 0 spiro atoms. The molecule has 3 aromatic carbocycles. The topological polar surface area (TPSA) is 298 Å². The van der Waals surface area contributed by atoms with Crippen molar-refractivity contribution in [3.8, 4) is 34.9 Å². The van der Waals surface area contributed by atoms with Gasteiger partial charge in [0.1, 0.15) is 58.6 Å². The number of hydrogen-bond donors (Lipinski definition) is 0. The molecule has 3 saturated heterocycles. The molecule has 34 heteroatoms. The van der Waals surface area contributed by atoms with E-state index in [4.69, 9.17) is 42.9 Å². The predicted molar refractivity (Wildman–Crippen MR) is 490 cm³/mol. The van der Waals surface area contributed by atoms with Gasteiger partial charge in [-0.15, -0.1) is 0 Å². The summed E-state index contributed by atoms with van der Waals surface area (Å²) in [4.78, 5) is 142. The quantitative estimate of drug-likeness (QED) is 0.0562. The van der Waals surface area contributed by atoms with Gasteiger partial charge in [0, 0.05) is 103 Å².